The van der Waals surface area contributed by atoms with Gasteiger partial charge in [0.15, 0.2) is 0 Å². The van der Waals surface area contributed by atoms with Gasteiger partial charge in [0.25, 0.3) is 0 Å². The van der Waals surface area contributed by atoms with E-state index >= 15 is 0 Å². The Morgan fingerprint density at radius 3 is 2.73 bits per heavy atom. The van der Waals surface area contributed by atoms with E-state index < -0.39 is 12.0 Å². The second-order valence-electron chi connectivity index (χ2n) is 9.73. The topological polar surface area (TPSA) is 113 Å². The summed E-state index contributed by atoms with van der Waals surface area (Å²) >= 11 is 1.60. The van der Waals surface area contributed by atoms with E-state index in [1.165, 1.54) is 0 Å². The molecule has 2 atom stereocenters. The molecule has 0 spiro atoms. The lowest BCUT2D eigenvalue weighted by Gasteiger charge is -2.26. The predicted octanol–water partition coefficient (Wildman–Crippen LogP) is 3.21. The molecule has 0 radical (unpaired) electrons. The summed E-state index contributed by atoms with van der Waals surface area (Å²) in [4.78, 5) is 44.4. The molecule has 0 saturated carbocycles. The smallest absolute Gasteiger partial charge is 0.328 e. The molecular formula is C30H37N5O4S. The molecular weight excluding hydrogens is 526 g/mol. The number of carbonyl (C=O) groups is 3. The number of fused-ring (bicyclic) bond motifs is 1. The monoisotopic (exact) mass is 563 g/mol. The number of hydrogen-bond donors (Lipinski definition) is 3. The number of nitrogens with zero attached hydrogens (tertiary/aromatic N) is 2. The van der Waals surface area contributed by atoms with Crippen molar-refractivity contribution in [3.63, 3.8) is 0 Å². The lowest BCUT2D eigenvalue weighted by atomic mass is 10.0. The van der Waals surface area contributed by atoms with Gasteiger partial charge < -0.3 is 25.6 Å². The number of anilines is 1. The van der Waals surface area contributed by atoms with E-state index in [-0.39, 0.29) is 37.6 Å². The van der Waals surface area contributed by atoms with Gasteiger partial charge in [0.1, 0.15) is 18.5 Å². The Morgan fingerprint density at radius 1 is 1.07 bits per heavy atom. The molecule has 2 amide bonds. The number of ether oxygens (including phenoxy) is 1. The largest absolute Gasteiger partial charge is 0.462 e. The average molecular weight is 564 g/mol. The number of aromatic nitrogens is 1. The van der Waals surface area contributed by atoms with Crippen molar-refractivity contribution in [3.05, 3.63) is 72.4 Å². The van der Waals surface area contributed by atoms with Gasteiger partial charge in [-0.05, 0) is 59.7 Å². The van der Waals surface area contributed by atoms with Gasteiger partial charge in [-0.25, -0.2) is 9.78 Å². The van der Waals surface area contributed by atoms with E-state index in [0.717, 1.165) is 29.2 Å². The van der Waals surface area contributed by atoms with E-state index in [4.69, 9.17) is 4.74 Å². The van der Waals surface area contributed by atoms with Gasteiger partial charge in [0, 0.05) is 19.3 Å². The first kappa shape index (κ1) is 29.4. The molecule has 1 aliphatic heterocycles. The van der Waals surface area contributed by atoms with Crippen LogP contribution in [0.4, 0.5) is 5.82 Å². The molecule has 1 unspecified atom stereocenters. The highest BCUT2D eigenvalue weighted by Gasteiger charge is 2.31. The van der Waals surface area contributed by atoms with Crippen LogP contribution in [-0.2, 0) is 25.7 Å². The zero-order valence-electron chi connectivity index (χ0n) is 22.8. The molecule has 3 N–H and O–H groups in total. The molecule has 9 nitrogen and oxygen atoms in total. The number of carbonyl (C=O) groups excluding carboxylic acids is 3. The fraction of sp³-hybridized carbons (Fsp3) is 0.400. The molecule has 10 heteroatoms. The van der Waals surface area contributed by atoms with Crippen molar-refractivity contribution in [3.8, 4) is 0 Å². The maximum absolute atomic E-state index is 13.0. The summed E-state index contributed by atoms with van der Waals surface area (Å²) < 4.78 is 5.64. The molecule has 40 heavy (non-hydrogen) atoms. The fourth-order valence-corrected chi connectivity index (χ4v) is 5.31. The Hall–Kier alpha value is -3.63. The lowest BCUT2D eigenvalue weighted by molar-refractivity contribution is -0.150. The van der Waals surface area contributed by atoms with Crippen LogP contribution < -0.4 is 16.0 Å². The number of nitrogens with one attached hydrogen (secondary N) is 3. The molecule has 2 heterocycles. The summed E-state index contributed by atoms with van der Waals surface area (Å²) in [6.45, 7) is 1.48. The van der Waals surface area contributed by atoms with Crippen LogP contribution in [0.2, 0.25) is 0 Å². The van der Waals surface area contributed by atoms with Gasteiger partial charge in [0.2, 0.25) is 11.8 Å². The Morgan fingerprint density at radius 2 is 1.90 bits per heavy atom. The predicted molar refractivity (Wildman–Crippen MR) is 159 cm³/mol. The number of amides is 2. The normalized spacial score (nSPS) is 15.5. The van der Waals surface area contributed by atoms with Crippen LogP contribution in [0.1, 0.15) is 24.8 Å². The number of likely N-dealkylation sites (tertiary alicyclic amines) is 1. The fourth-order valence-electron chi connectivity index (χ4n) is 4.84. The molecule has 4 rings (SSSR count). The van der Waals surface area contributed by atoms with Crippen molar-refractivity contribution in [2.45, 2.75) is 37.9 Å². The Bertz CT molecular complexity index is 1270. The first-order chi connectivity index (χ1) is 19.5. The van der Waals surface area contributed by atoms with Gasteiger partial charge in [-0.1, -0.05) is 48.5 Å². The van der Waals surface area contributed by atoms with Gasteiger partial charge in [-0.15, -0.1) is 0 Å². The molecule has 1 aliphatic rings. The van der Waals surface area contributed by atoms with E-state index in [0.29, 0.717) is 31.1 Å². The van der Waals surface area contributed by atoms with Crippen molar-refractivity contribution in [2.24, 2.45) is 0 Å². The Labute approximate surface area is 239 Å². The van der Waals surface area contributed by atoms with E-state index in [2.05, 4.69) is 39.1 Å². The molecule has 212 valence electrons. The highest BCUT2D eigenvalue weighted by atomic mass is 32.2. The highest BCUT2D eigenvalue weighted by Crippen LogP contribution is 2.19. The lowest BCUT2D eigenvalue weighted by Crippen LogP contribution is -2.47. The summed E-state index contributed by atoms with van der Waals surface area (Å²) in [6, 6.07) is 18.8. The third-order valence-electron chi connectivity index (χ3n) is 6.91. The van der Waals surface area contributed by atoms with Crippen LogP contribution in [0.15, 0.2) is 66.9 Å². The van der Waals surface area contributed by atoms with E-state index in [9.17, 15) is 14.4 Å². The van der Waals surface area contributed by atoms with Gasteiger partial charge >= 0.3 is 5.97 Å². The van der Waals surface area contributed by atoms with Crippen molar-refractivity contribution in [2.75, 3.05) is 43.6 Å². The number of hydrogen-bond acceptors (Lipinski definition) is 8. The second-order valence-corrected chi connectivity index (χ2v) is 10.7. The van der Waals surface area contributed by atoms with Crippen LogP contribution in [0, 0.1) is 0 Å². The Kier molecular flexibility index (Phi) is 11.2. The molecule has 3 aromatic rings. The first-order valence-corrected chi connectivity index (χ1v) is 15.0. The summed E-state index contributed by atoms with van der Waals surface area (Å²) in [5.74, 6) is 0.547. The number of esters is 1. The average Bonchev–Trinajstić information content (AvgIpc) is 3.46. The molecule has 1 saturated heterocycles. The minimum Gasteiger partial charge on any atom is -0.462 e. The Balaban J connectivity index is 1.24. The maximum Gasteiger partial charge on any atom is 0.328 e. The molecule has 1 fully saturated rings. The molecule has 1 aromatic heterocycles. The third-order valence-corrected chi connectivity index (χ3v) is 7.56. The second kappa shape index (κ2) is 15.2. The number of thioether (sulfide) groups is 1. The molecule has 0 aliphatic carbocycles. The van der Waals surface area contributed by atoms with Crippen LogP contribution in [-0.4, -0.2) is 78.0 Å². The van der Waals surface area contributed by atoms with E-state index in [1.807, 2.05) is 42.7 Å². The van der Waals surface area contributed by atoms with Gasteiger partial charge in [0.05, 0.1) is 19.1 Å². The maximum atomic E-state index is 13.0. The van der Waals surface area contributed by atoms with Crippen LogP contribution in [0.5, 0.6) is 0 Å². The quantitative estimate of drug-likeness (QED) is 0.257. The summed E-state index contributed by atoms with van der Waals surface area (Å²) in [7, 11) is 0. The van der Waals surface area contributed by atoms with E-state index in [1.54, 1.807) is 28.9 Å². The molecule has 0 bridgehead atoms. The zero-order valence-corrected chi connectivity index (χ0v) is 23.6. The van der Waals surface area contributed by atoms with Gasteiger partial charge in [-0.2, -0.15) is 11.8 Å². The number of rotatable bonds is 14. The minimum atomic E-state index is -0.740. The highest BCUT2D eigenvalue weighted by molar-refractivity contribution is 7.98. The van der Waals surface area contributed by atoms with Crippen molar-refractivity contribution < 1.29 is 19.1 Å². The van der Waals surface area contributed by atoms with Gasteiger partial charge in [-0.3, -0.25) is 9.59 Å². The molecule has 2 aromatic carbocycles. The SMILES string of the molecule is CSCCC(NC(=O)CNCc1cccc2ccccc12)C(=O)OC[C@@H]1CCCN1C(=O)CNc1ccccn1. The van der Waals surface area contributed by atoms with Crippen molar-refractivity contribution in [1.29, 1.82) is 0 Å². The summed E-state index contributed by atoms with van der Waals surface area (Å²) in [6.07, 6.45) is 5.71. The zero-order chi connectivity index (χ0) is 28.2. The van der Waals surface area contributed by atoms with Crippen LogP contribution >= 0.6 is 11.8 Å². The number of pyridine rings is 1. The standard InChI is InChI=1S/C30H37N5O4S/c1-40-17-14-26(34-28(36)19-31-18-23-10-6-9-22-8-2-3-12-25(22)23)30(38)39-21-24-11-7-16-35(24)29(37)20-33-27-13-4-5-15-32-27/h2-6,8-10,12-13,15,24,26,31H,7,11,14,16-21H2,1H3,(H,32,33)(H,34,36)/t24-,26?/m0/s1. The number of benzene rings is 2. The summed E-state index contributed by atoms with van der Waals surface area (Å²) in [5, 5.41) is 11.4. The minimum absolute atomic E-state index is 0.0614. The first-order valence-electron chi connectivity index (χ1n) is 13.6. The third kappa shape index (κ3) is 8.43. The van der Waals surface area contributed by atoms with Crippen LogP contribution in [0.3, 0.4) is 0 Å². The van der Waals surface area contributed by atoms with Crippen LogP contribution in [0.25, 0.3) is 10.8 Å². The van der Waals surface area contributed by atoms with Crippen molar-refractivity contribution in [1.82, 2.24) is 20.5 Å². The van der Waals surface area contributed by atoms with Crippen molar-refractivity contribution >= 4 is 46.1 Å². The summed E-state index contributed by atoms with van der Waals surface area (Å²) in [5.41, 5.74) is 1.11.